The van der Waals surface area contributed by atoms with Crippen molar-refractivity contribution in [3.8, 4) is 0 Å². The first kappa shape index (κ1) is 4.19. The number of carbonyl (C=O) groups is 1. The van der Waals surface area contributed by atoms with Crippen molar-refractivity contribution in [2.45, 2.75) is 6.92 Å². The first-order valence-corrected chi connectivity index (χ1v) is 1.33. The molecule has 1 nitrogen and oxygen atoms in total. The van der Waals surface area contributed by atoms with Gasteiger partial charge in [0.05, 0.1) is 0 Å². The molecule has 0 N–H and O–H groups in total. The van der Waals surface area contributed by atoms with Crippen LogP contribution in [-0.4, -0.2) is 4.68 Å². The summed E-state index contributed by atoms with van der Waals surface area (Å²) in [7, 11) is 0. The molecule has 0 atom stereocenters. The monoisotopic (exact) mass is 106 g/mol. The molecule has 0 aromatic carbocycles. The van der Waals surface area contributed by atoms with Gasteiger partial charge in [0.15, 0.2) is 0 Å². The van der Waals surface area contributed by atoms with Gasteiger partial charge in [0.2, 0.25) is 0 Å². The molecule has 4 heavy (non-hydrogen) atoms. The van der Waals surface area contributed by atoms with E-state index in [-0.39, 0.29) is 4.68 Å². The normalized spacial score (nSPS) is 6.75. The van der Waals surface area contributed by atoms with Crippen LogP contribution in [0, 0.1) is 0 Å². The van der Waals surface area contributed by atoms with Crippen LogP contribution in [0.1, 0.15) is 6.92 Å². The molecule has 0 saturated heterocycles. The molecular formula is C2H3CuO. The van der Waals surface area contributed by atoms with Crippen LogP contribution >= 0.6 is 0 Å². The molecule has 0 aromatic heterocycles. The van der Waals surface area contributed by atoms with Crippen molar-refractivity contribution in [2.75, 3.05) is 0 Å². The second-order valence-corrected chi connectivity index (χ2v) is 1.08. The van der Waals surface area contributed by atoms with Gasteiger partial charge in [-0.05, 0) is 0 Å². The third-order valence-corrected chi connectivity index (χ3v) is 0. The SMILES string of the molecule is C[C](=O)[Cu]. The summed E-state index contributed by atoms with van der Waals surface area (Å²) in [6.45, 7) is 1.33. The quantitative estimate of drug-likeness (QED) is 0.400. The zero-order valence-electron chi connectivity index (χ0n) is 2.21. The Bertz CT molecular complexity index is 29.0. The number of rotatable bonds is 0. The zero-order valence-corrected chi connectivity index (χ0v) is 3.15. The Labute approximate surface area is 33.2 Å². The van der Waals surface area contributed by atoms with E-state index in [0.717, 1.165) is 0 Å². The van der Waals surface area contributed by atoms with Crippen molar-refractivity contribution in [3.05, 3.63) is 0 Å². The predicted molar refractivity (Wildman–Crippen MR) is 10.7 cm³/mol. The molecule has 0 aliphatic carbocycles. The van der Waals surface area contributed by atoms with Crippen molar-refractivity contribution in [3.63, 3.8) is 0 Å². The Hall–Kier alpha value is 0.189. The molecule has 0 aliphatic heterocycles. The minimum atomic E-state index is -0.271. The average Bonchev–Trinajstić information content (AvgIpc) is 0.811. The van der Waals surface area contributed by atoms with E-state index in [1.165, 1.54) is 6.92 Å². The summed E-state index contributed by atoms with van der Waals surface area (Å²) in [4.78, 5) is 9.25. The van der Waals surface area contributed by atoms with Crippen LogP contribution in [0.5, 0.6) is 0 Å². The number of hydrogen-bond acceptors (Lipinski definition) is 1. The first-order chi connectivity index (χ1) is 1.73. The molecule has 0 aromatic rings. The Balaban J connectivity index is 2.80. The summed E-state index contributed by atoms with van der Waals surface area (Å²) in [5, 5.41) is 0. The second-order valence-electron chi connectivity index (χ2n) is 0.416. The van der Waals surface area contributed by atoms with Crippen molar-refractivity contribution < 1.29 is 20.8 Å². The standard InChI is InChI=1S/C2H3O.Cu/c1-2-3;/h1H3;. The first-order valence-electron chi connectivity index (χ1n) is 0.855. The van der Waals surface area contributed by atoms with Crippen molar-refractivity contribution >= 4 is 4.68 Å². The van der Waals surface area contributed by atoms with E-state index in [2.05, 4.69) is 16.0 Å². The van der Waals surface area contributed by atoms with E-state index in [9.17, 15) is 4.79 Å². The van der Waals surface area contributed by atoms with Crippen LogP contribution < -0.4 is 0 Å². The third-order valence-electron chi connectivity index (χ3n) is 0. The van der Waals surface area contributed by atoms with Gasteiger partial charge < -0.3 is 0 Å². The van der Waals surface area contributed by atoms with Gasteiger partial charge in [-0.3, -0.25) is 0 Å². The fraction of sp³-hybridized carbons (Fsp3) is 0.500. The fourth-order valence-electron chi connectivity index (χ4n) is 0. The Morgan fingerprint density at radius 3 is 2.00 bits per heavy atom. The summed E-state index contributed by atoms with van der Waals surface area (Å²) in [6.07, 6.45) is 0. The van der Waals surface area contributed by atoms with Gasteiger partial charge >= 0.3 is 32.4 Å². The van der Waals surface area contributed by atoms with Crippen LogP contribution in [0.15, 0.2) is 0 Å². The van der Waals surface area contributed by atoms with Crippen molar-refractivity contribution in [2.24, 2.45) is 0 Å². The Morgan fingerprint density at radius 2 is 2.00 bits per heavy atom. The van der Waals surface area contributed by atoms with Crippen LogP contribution in [0.3, 0.4) is 0 Å². The summed E-state index contributed by atoms with van der Waals surface area (Å²) >= 11 is 4.10. The molecule has 0 heterocycles. The molecule has 2 heteroatoms. The molecule has 0 bridgehead atoms. The van der Waals surface area contributed by atoms with E-state index in [1.54, 1.807) is 0 Å². The van der Waals surface area contributed by atoms with E-state index >= 15 is 0 Å². The van der Waals surface area contributed by atoms with Crippen LogP contribution in [0.4, 0.5) is 0 Å². The maximum atomic E-state index is 9.25. The van der Waals surface area contributed by atoms with Gasteiger partial charge in [-0.25, -0.2) is 0 Å². The molecule has 0 saturated carbocycles. The second kappa shape index (κ2) is 1.50. The van der Waals surface area contributed by atoms with Crippen molar-refractivity contribution in [1.82, 2.24) is 0 Å². The molecule has 0 aliphatic rings. The van der Waals surface area contributed by atoms with Gasteiger partial charge in [0, 0.05) is 0 Å². The summed E-state index contributed by atoms with van der Waals surface area (Å²) < 4.78 is -0.271. The molecule has 0 fully saturated rings. The topological polar surface area (TPSA) is 17.1 Å². The fourth-order valence-corrected chi connectivity index (χ4v) is 0. The predicted octanol–water partition coefficient (Wildman–Crippen LogP) is 0.0797. The number of hydrogen-bond donors (Lipinski definition) is 0. The van der Waals surface area contributed by atoms with Gasteiger partial charge in [-0.2, -0.15) is 0 Å². The average molecular weight is 107 g/mol. The minimum absolute atomic E-state index is 0.271. The van der Waals surface area contributed by atoms with Crippen LogP contribution in [-0.2, 0) is 20.8 Å². The zero-order chi connectivity index (χ0) is 3.58. The molecule has 0 rings (SSSR count). The molecular weight excluding hydrogens is 104 g/mol. The van der Waals surface area contributed by atoms with E-state index in [1.807, 2.05) is 0 Å². The number of carbonyl (C=O) groups excluding carboxylic acids is 1. The van der Waals surface area contributed by atoms with Gasteiger partial charge in [-0.1, -0.05) is 0 Å². The van der Waals surface area contributed by atoms with E-state index < -0.39 is 0 Å². The van der Waals surface area contributed by atoms with Crippen molar-refractivity contribution in [1.29, 1.82) is 0 Å². The Morgan fingerprint density at radius 1 is 2.00 bits per heavy atom. The molecule has 0 unspecified atom stereocenters. The molecule has 0 radical (unpaired) electrons. The van der Waals surface area contributed by atoms with Gasteiger partial charge in [-0.15, -0.1) is 0 Å². The summed E-state index contributed by atoms with van der Waals surface area (Å²) in [6, 6.07) is 0. The maximum absolute atomic E-state index is 9.25. The Kier molecular flexibility index (Phi) is 1.57. The van der Waals surface area contributed by atoms with Gasteiger partial charge in [0.25, 0.3) is 0 Å². The third kappa shape index (κ3) is 86.3. The van der Waals surface area contributed by atoms with E-state index in [0.29, 0.717) is 0 Å². The van der Waals surface area contributed by atoms with Crippen LogP contribution in [0.25, 0.3) is 0 Å². The molecule has 0 spiro atoms. The molecule has 28 valence electrons. The summed E-state index contributed by atoms with van der Waals surface area (Å²) in [5.74, 6) is 0. The van der Waals surface area contributed by atoms with Gasteiger partial charge in [0.1, 0.15) is 0 Å². The van der Waals surface area contributed by atoms with E-state index in [4.69, 9.17) is 0 Å². The summed E-state index contributed by atoms with van der Waals surface area (Å²) in [5.41, 5.74) is 0. The van der Waals surface area contributed by atoms with Crippen LogP contribution in [0.2, 0.25) is 0 Å². The molecule has 0 amide bonds.